The molecule has 2 heterocycles. The lowest BCUT2D eigenvalue weighted by molar-refractivity contribution is -0.0494. The second-order valence-corrected chi connectivity index (χ2v) is 8.50. The fourth-order valence-electron chi connectivity index (χ4n) is 2.63. The molecule has 0 atom stereocenters. The largest absolute Gasteiger partial charge is 0.511 e. The molecule has 0 unspecified atom stereocenters. The molecule has 2 N–H and O–H groups in total. The molecule has 1 aromatic rings. The van der Waals surface area contributed by atoms with Gasteiger partial charge in [-0.15, -0.1) is 0 Å². The lowest BCUT2D eigenvalue weighted by atomic mass is 10.1. The van der Waals surface area contributed by atoms with Gasteiger partial charge >= 0.3 is 15.5 Å². The number of alkyl halides is 3. The van der Waals surface area contributed by atoms with E-state index in [1.54, 1.807) is 7.05 Å². The van der Waals surface area contributed by atoms with Gasteiger partial charge < -0.3 is 15.2 Å². The highest BCUT2D eigenvalue weighted by atomic mass is 32.2. The average molecular weight is 411 g/mol. The van der Waals surface area contributed by atoms with E-state index >= 15 is 0 Å². The fraction of sp³-hybridized carbons (Fsp3) is 0.733. The molecule has 0 spiro atoms. The number of aliphatic imine (C=N–C) groups is 1. The van der Waals surface area contributed by atoms with Gasteiger partial charge in [-0.1, -0.05) is 19.0 Å². The number of nitrogens with zero attached hydrogens (tertiary/aromatic N) is 3. The summed E-state index contributed by atoms with van der Waals surface area (Å²) >= 11 is 0. The fourth-order valence-corrected chi connectivity index (χ4v) is 3.61. The third-order valence-electron chi connectivity index (χ3n) is 4.25. The van der Waals surface area contributed by atoms with Crippen molar-refractivity contribution >= 4 is 16.0 Å². The van der Waals surface area contributed by atoms with Crippen LogP contribution in [-0.2, 0) is 16.6 Å². The highest BCUT2D eigenvalue weighted by Crippen LogP contribution is 2.28. The molecule has 0 amide bonds. The molecule has 154 valence electrons. The molecule has 8 nitrogen and oxygen atoms in total. The molecule has 0 radical (unpaired) electrons. The Morgan fingerprint density at radius 3 is 2.52 bits per heavy atom. The monoisotopic (exact) mass is 411 g/mol. The second kappa shape index (κ2) is 8.46. The van der Waals surface area contributed by atoms with Gasteiger partial charge in [0.1, 0.15) is 0 Å². The number of hydrogen-bond acceptors (Lipinski definition) is 5. The molecule has 0 bridgehead atoms. The summed E-state index contributed by atoms with van der Waals surface area (Å²) in [6.45, 7) is 3.95. The third-order valence-corrected chi connectivity index (χ3v) is 5.88. The Kier molecular flexibility index (Phi) is 6.73. The first kappa shape index (κ1) is 21.5. The molecular formula is C15H24F3N5O3S. The topological polar surface area (TPSA) is 99.8 Å². The van der Waals surface area contributed by atoms with Gasteiger partial charge in [0.2, 0.25) is 0 Å². The van der Waals surface area contributed by atoms with Crippen molar-refractivity contribution in [2.75, 3.05) is 20.1 Å². The summed E-state index contributed by atoms with van der Waals surface area (Å²) in [4.78, 5) is 4.07. The molecule has 0 aromatic carbocycles. The highest BCUT2D eigenvalue weighted by molar-refractivity contribution is 7.90. The van der Waals surface area contributed by atoms with Crippen LogP contribution >= 0.6 is 0 Å². The lowest BCUT2D eigenvalue weighted by Gasteiger charge is -2.32. The summed E-state index contributed by atoms with van der Waals surface area (Å²) in [6, 6.07) is 1.66. The van der Waals surface area contributed by atoms with Crippen LogP contribution in [0.4, 0.5) is 13.2 Å². The maximum absolute atomic E-state index is 12.6. The van der Waals surface area contributed by atoms with Gasteiger partial charge in [-0.2, -0.15) is 17.5 Å². The van der Waals surface area contributed by atoms with Crippen LogP contribution in [0.2, 0.25) is 0 Å². The van der Waals surface area contributed by atoms with Crippen LogP contribution in [0.25, 0.3) is 0 Å². The van der Waals surface area contributed by atoms with E-state index < -0.39 is 15.5 Å². The number of hydrogen-bond donors (Lipinski definition) is 2. The van der Waals surface area contributed by atoms with Crippen molar-refractivity contribution in [3.8, 4) is 0 Å². The number of piperidine rings is 1. The first-order valence-corrected chi connectivity index (χ1v) is 9.97. The normalized spacial score (nSPS) is 18.1. The molecule has 0 aliphatic carbocycles. The molecule has 1 aromatic heterocycles. The van der Waals surface area contributed by atoms with E-state index in [1.165, 1.54) is 0 Å². The molecule has 1 saturated heterocycles. The number of halogens is 3. The molecule has 2 rings (SSSR count). The zero-order valence-corrected chi connectivity index (χ0v) is 16.2. The van der Waals surface area contributed by atoms with Gasteiger partial charge in [0.25, 0.3) is 0 Å². The molecule has 27 heavy (non-hydrogen) atoms. The van der Waals surface area contributed by atoms with Crippen molar-refractivity contribution in [1.82, 2.24) is 20.1 Å². The second-order valence-electron chi connectivity index (χ2n) is 6.57. The van der Waals surface area contributed by atoms with E-state index in [0.29, 0.717) is 22.6 Å². The standard InChI is InChI=1S/C15H24F3N5O3S/c1-10(2)13-8-12(26-22-13)9-20-14(19-3)21-11-4-6-23(7-5-11)27(24,25)15(16,17)18/h8,10-11H,4-7,9H2,1-3H3,(H2,19,20,21). The number of sulfonamides is 1. The van der Waals surface area contributed by atoms with E-state index in [9.17, 15) is 21.6 Å². The molecule has 1 aliphatic rings. The first-order chi connectivity index (χ1) is 12.5. The predicted octanol–water partition coefficient (Wildman–Crippen LogP) is 1.78. The SMILES string of the molecule is CN=C(NCc1cc(C(C)C)no1)NC1CCN(S(=O)(=O)C(F)(F)F)CC1. The summed E-state index contributed by atoms with van der Waals surface area (Å²) in [7, 11) is -3.70. The van der Waals surface area contributed by atoms with Gasteiger partial charge in [-0.05, 0) is 18.8 Å². The Balaban J connectivity index is 1.84. The Labute approximate surface area is 156 Å². The van der Waals surface area contributed by atoms with Crippen LogP contribution in [0.3, 0.4) is 0 Å². The molecule has 12 heteroatoms. The molecular weight excluding hydrogens is 387 g/mol. The van der Waals surface area contributed by atoms with E-state index in [1.807, 2.05) is 19.9 Å². The minimum atomic E-state index is -5.27. The Morgan fingerprint density at radius 1 is 1.41 bits per heavy atom. The minimum absolute atomic E-state index is 0.183. The van der Waals surface area contributed by atoms with Gasteiger partial charge in [-0.3, -0.25) is 4.99 Å². The van der Waals surface area contributed by atoms with E-state index in [-0.39, 0.29) is 37.9 Å². The zero-order valence-electron chi connectivity index (χ0n) is 15.4. The van der Waals surface area contributed by atoms with E-state index in [2.05, 4.69) is 20.8 Å². The third kappa shape index (κ3) is 5.34. The molecule has 1 fully saturated rings. The van der Waals surface area contributed by atoms with Gasteiger partial charge in [0.05, 0.1) is 12.2 Å². The van der Waals surface area contributed by atoms with Gasteiger partial charge in [0, 0.05) is 32.2 Å². The summed E-state index contributed by atoms with van der Waals surface area (Å²) in [5.41, 5.74) is -4.43. The highest BCUT2D eigenvalue weighted by Gasteiger charge is 2.50. The van der Waals surface area contributed by atoms with Crippen molar-refractivity contribution in [2.45, 2.75) is 50.7 Å². The predicted molar refractivity (Wildman–Crippen MR) is 93.5 cm³/mol. The van der Waals surface area contributed by atoms with Crippen LogP contribution in [0.5, 0.6) is 0 Å². The van der Waals surface area contributed by atoms with Crippen LogP contribution in [0, 0.1) is 0 Å². The molecule has 1 aliphatic heterocycles. The first-order valence-electron chi connectivity index (χ1n) is 8.53. The number of guanidine groups is 1. The number of nitrogens with one attached hydrogen (secondary N) is 2. The van der Waals surface area contributed by atoms with Crippen LogP contribution in [0.15, 0.2) is 15.6 Å². The van der Waals surface area contributed by atoms with Crippen LogP contribution in [-0.4, -0.2) is 55.5 Å². The summed E-state index contributed by atoms with van der Waals surface area (Å²) in [6.07, 6.45) is 0.492. The summed E-state index contributed by atoms with van der Waals surface area (Å²) in [5.74, 6) is 1.33. The average Bonchev–Trinajstić information content (AvgIpc) is 3.07. The zero-order chi connectivity index (χ0) is 20.2. The van der Waals surface area contributed by atoms with Crippen molar-refractivity contribution in [2.24, 2.45) is 4.99 Å². The van der Waals surface area contributed by atoms with Crippen LogP contribution in [0.1, 0.15) is 44.1 Å². The van der Waals surface area contributed by atoms with Gasteiger partial charge in [-0.25, -0.2) is 8.42 Å². The van der Waals surface area contributed by atoms with Crippen molar-refractivity contribution < 1.29 is 26.1 Å². The quantitative estimate of drug-likeness (QED) is 0.566. The minimum Gasteiger partial charge on any atom is -0.359 e. The maximum atomic E-state index is 12.6. The van der Waals surface area contributed by atoms with Crippen LogP contribution < -0.4 is 10.6 Å². The summed E-state index contributed by atoms with van der Waals surface area (Å²) in [5, 5.41) is 10.1. The smallest absolute Gasteiger partial charge is 0.359 e. The Bertz CT molecular complexity index is 753. The maximum Gasteiger partial charge on any atom is 0.511 e. The number of rotatable bonds is 5. The Morgan fingerprint density at radius 2 is 2.04 bits per heavy atom. The van der Waals surface area contributed by atoms with Crippen molar-refractivity contribution in [1.29, 1.82) is 0 Å². The lowest BCUT2D eigenvalue weighted by Crippen LogP contribution is -2.51. The van der Waals surface area contributed by atoms with Crippen molar-refractivity contribution in [3.05, 3.63) is 17.5 Å². The Hall–Kier alpha value is -1.82. The van der Waals surface area contributed by atoms with Gasteiger partial charge in [0.15, 0.2) is 11.7 Å². The summed E-state index contributed by atoms with van der Waals surface area (Å²) < 4.78 is 66.4. The van der Waals surface area contributed by atoms with Crippen molar-refractivity contribution in [3.63, 3.8) is 0 Å². The van der Waals surface area contributed by atoms with E-state index in [0.717, 1.165) is 5.69 Å². The van der Waals surface area contributed by atoms with E-state index in [4.69, 9.17) is 4.52 Å². The molecule has 0 saturated carbocycles. The number of aromatic nitrogens is 1.